The van der Waals surface area contributed by atoms with Gasteiger partial charge in [0, 0.05) is 6.20 Å². The fourth-order valence-corrected chi connectivity index (χ4v) is 1.26. The maximum Gasteiger partial charge on any atom is 0.239 e. The standard InChI is InChI=1S/C10H18BrN5O/c1-9(2,10(3,4)17)15-7-6(11)5-13-8(14-7)16-12/h5,17H,12H2,1-4H3,(H2,13,14,15,16). The SMILES string of the molecule is CC(C)(O)C(C)(C)Nc1nc(NN)ncc1Br. The molecule has 0 aromatic carbocycles. The van der Waals surface area contributed by atoms with E-state index in [0.29, 0.717) is 16.2 Å². The first-order valence-corrected chi connectivity index (χ1v) is 5.96. The first-order valence-electron chi connectivity index (χ1n) is 5.17. The molecule has 7 heteroatoms. The fraction of sp³-hybridized carbons (Fsp3) is 0.600. The molecule has 0 aliphatic carbocycles. The third-order valence-electron chi connectivity index (χ3n) is 2.83. The van der Waals surface area contributed by atoms with Crippen LogP contribution in [0.15, 0.2) is 10.7 Å². The van der Waals surface area contributed by atoms with Crippen LogP contribution in [0.1, 0.15) is 27.7 Å². The van der Waals surface area contributed by atoms with Crippen LogP contribution in [0.2, 0.25) is 0 Å². The van der Waals surface area contributed by atoms with Crippen molar-refractivity contribution in [3.05, 3.63) is 10.7 Å². The summed E-state index contributed by atoms with van der Waals surface area (Å²) in [5, 5.41) is 13.2. The predicted octanol–water partition coefficient (Wildman–Crippen LogP) is 1.49. The van der Waals surface area contributed by atoms with Gasteiger partial charge in [-0.3, -0.25) is 5.43 Å². The summed E-state index contributed by atoms with van der Waals surface area (Å²) < 4.78 is 0.703. The minimum atomic E-state index is -0.909. The van der Waals surface area contributed by atoms with Crippen molar-refractivity contribution in [1.29, 1.82) is 0 Å². The van der Waals surface area contributed by atoms with Crippen molar-refractivity contribution in [2.24, 2.45) is 5.84 Å². The summed E-state index contributed by atoms with van der Waals surface area (Å²) in [6.45, 7) is 7.24. The number of nitrogen functional groups attached to an aromatic ring is 1. The summed E-state index contributed by atoms with van der Waals surface area (Å²) in [7, 11) is 0. The van der Waals surface area contributed by atoms with E-state index in [4.69, 9.17) is 5.84 Å². The Morgan fingerprint density at radius 2 is 1.94 bits per heavy atom. The van der Waals surface area contributed by atoms with Crippen molar-refractivity contribution in [3.63, 3.8) is 0 Å². The van der Waals surface area contributed by atoms with Gasteiger partial charge in [0.15, 0.2) is 0 Å². The lowest BCUT2D eigenvalue weighted by molar-refractivity contribution is 0.0238. The molecule has 0 atom stereocenters. The number of aromatic nitrogens is 2. The molecular weight excluding hydrogens is 286 g/mol. The zero-order valence-corrected chi connectivity index (χ0v) is 12.0. The molecule has 0 spiro atoms. The third kappa shape index (κ3) is 3.27. The Labute approximate surface area is 109 Å². The number of nitrogens with two attached hydrogens (primary N) is 1. The van der Waals surface area contributed by atoms with E-state index in [9.17, 15) is 5.11 Å². The Bertz CT molecular complexity index is 402. The number of halogens is 1. The monoisotopic (exact) mass is 303 g/mol. The molecule has 5 N–H and O–H groups in total. The van der Waals surface area contributed by atoms with E-state index in [2.05, 4.69) is 36.6 Å². The molecule has 1 aromatic heterocycles. The van der Waals surface area contributed by atoms with Gasteiger partial charge in [-0.05, 0) is 43.6 Å². The van der Waals surface area contributed by atoms with Crippen molar-refractivity contribution in [2.45, 2.75) is 38.8 Å². The molecule has 1 rings (SSSR count). The summed E-state index contributed by atoms with van der Waals surface area (Å²) >= 11 is 3.34. The lowest BCUT2D eigenvalue weighted by Crippen LogP contribution is -2.51. The van der Waals surface area contributed by atoms with Crippen molar-refractivity contribution in [1.82, 2.24) is 9.97 Å². The quantitative estimate of drug-likeness (QED) is 0.497. The second-order valence-corrected chi connectivity index (χ2v) is 5.70. The van der Waals surface area contributed by atoms with E-state index in [1.165, 1.54) is 0 Å². The topological polar surface area (TPSA) is 96.1 Å². The first-order chi connectivity index (χ1) is 7.67. The number of nitrogens with one attached hydrogen (secondary N) is 2. The molecule has 0 radical (unpaired) electrons. The molecule has 0 saturated carbocycles. The van der Waals surface area contributed by atoms with Crippen LogP contribution in [0.25, 0.3) is 0 Å². The number of hydrogen-bond donors (Lipinski definition) is 4. The predicted molar refractivity (Wildman–Crippen MR) is 71.5 cm³/mol. The Balaban J connectivity index is 3.02. The van der Waals surface area contributed by atoms with Crippen LogP contribution in [0.4, 0.5) is 11.8 Å². The van der Waals surface area contributed by atoms with Gasteiger partial charge in [-0.2, -0.15) is 4.98 Å². The summed E-state index contributed by atoms with van der Waals surface area (Å²) in [5.41, 5.74) is 0.905. The fourth-order valence-electron chi connectivity index (χ4n) is 0.973. The molecular formula is C10H18BrN5O. The smallest absolute Gasteiger partial charge is 0.239 e. The van der Waals surface area contributed by atoms with Crippen molar-refractivity contribution < 1.29 is 5.11 Å². The summed E-state index contributed by atoms with van der Waals surface area (Å²) in [4.78, 5) is 8.13. The van der Waals surface area contributed by atoms with Gasteiger partial charge in [0.2, 0.25) is 5.95 Å². The normalized spacial score (nSPS) is 12.4. The summed E-state index contributed by atoms with van der Waals surface area (Å²) in [5.74, 6) is 6.13. The van der Waals surface area contributed by atoms with E-state index in [1.807, 2.05) is 13.8 Å². The van der Waals surface area contributed by atoms with E-state index < -0.39 is 11.1 Å². The van der Waals surface area contributed by atoms with Gasteiger partial charge in [-0.1, -0.05) is 0 Å². The number of hydrogen-bond acceptors (Lipinski definition) is 6. The third-order valence-corrected chi connectivity index (χ3v) is 3.41. The van der Waals surface area contributed by atoms with Gasteiger partial charge < -0.3 is 10.4 Å². The highest BCUT2D eigenvalue weighted by atomic mass is 79.9. The Morgan fingerprint density at radius 1 is 1.35 bits per heavy atom. The zero-order valence-electron chi connectivity index (χ0n) is 10.4. The van der Waals surface area contributed by atoms with Crippen LogP contribution in [0, 0.1) is 0 Å². The highest BCUT2D eigenvalue weighted by molar-refractivity contribution is 9.10. The van der Waals surface area contributed by atoms with Crippen LogP contribution in [-0.2, 0) is 0 Å². The van der Waals surface area contributed by atoms with Crippen LogP contribution in [-0.4, -0.2) is 26.2 Å². The second kappa shape index (κ2) is 4.75. The van der Waals surface area contributed by atoms with Gasteiger partial charge in [0.05, 0.1) is 15.6 Å². The molecule has 17 heavy (non-hydrogen) atoms. The lowest BCUT2D eigenvalue weighted by atomic mass is 9.86. The summed E-state index contributed by atoms with van der Waals surface area (Å²) in [6, 6.07) is 0. The molecule has 0 aliphatic heterocycles. The molecule has 0 bridgehead atoms. The molecule has 0 aliphatic rings. The minimum absolute atomic E-state index is 0.308. The van der Waals surface area contributed by atoms with Crippen LogP contribution < -0.4 is 16.6 Å². The average molecular weight is 304 g/mol. The van der Waals surface area contributed by atoms with E-state index in [-0.39, 0.29) is 0 Å². The number of hydrazine groups is 1. The van der Waals surface area contributed by atoms with E-state index in [1.54, 1.807) is 20.0 Å². The molecule has 1 heterocycles. The Kier molecular flexibility index (Phi) is 3.95. The number of rotatable bonds is 4. The molecule has 1 aromatic rings. The Morgan fingerprint density at radius 3 is 2.41 bits per heavy atom. The van der Waals surface area contributed by atoms with Crippen LogP contribution in [0.5, 0.6) is 0 Å². The van der Waals surface area contributed by atoms with Crippen molar-refractivity contribution in [3.8, 4) is 0 Å². The van der Waals surface area contributed by atoms with Gasteiger partial charge in [-0.25, -0.2) is 10.8 Å². The molecule has 6 nitrogen and oxygen atoms in total. The minimum Gasteiger partial charge on any atom is -0.388 e. The molecule has 0 fully saturated rings. The number of aliphatic hydroxyl groups is 1. The first kappa shape index (κ1) is 14.1. The molecule has 96 valence electrons. The van der Waals surface area contributed by atoms with E-state index >= 15 is 0 Å². The van der Waals surface area contributed by atoms with E-state index in [0.717, 1.165) is 0 Å². The molecule has 0 amide bonds. The Hall–Kier alpha value is -0.920. The lowest BCUT2D eigenvalue weighted by Gasteiger charge is -2.38. The van der Waals surface area contributed by atoms with Crippen LogP contribution >= 0.6 is 15.9 Å². The van der Waals surface area contributed by atoms with Gasteiger partial charge >= 0.3 is 0 Å². The van der Waals surface area contributed by atoms with Crippen molar-refractivity contribution >= 4 is 27.7 Å². The molecule has 0 saturated heterocycles. The number of anilines is 2. The maximum atomic E-state index is 10.1. The molecule has 0 unspecified atom stereocenters. The van der Waals surface area contributed by atoms with Crippen LogP contribution in [0.3, 0.4) is 0 Å². The van der Waals surface area contributed by atoms with Gasteiger partial charge in [0.25, 0.3) is 0 Å². The second-order valence-electron chi connectivity index (χ2n) is 4.84. The number of nitrogens with zero attached hydrogens (tertiary/aromatic N) is 2. The van der Waals surface area contributed by atoms with Crippen molar-refractivity contribution in [2.75, 3.05) is 10.7 Å². The highest BCUT2D eigenvalue weighted by Crippen LogP contribution is 2.29. The summed E-state index contributed by atoms with van der Waals surface area (Å²) in [6.07, 6.45) is 1.59. The van der Waals surface area contributed by atoms with Gasteiger partial charge in [0.1, 0.15) is 5.82 Å². The zero-order chi connectivity index (χ0) is 13.3. The maximum absolute atomic E-state index is 10.1. The average Bonchev–Trinajstić information content (AvgIpc) is 2.19. The van der Waals surface area contributed by atoms with Gasteiger partial charge in [-0.15, -0.1) is 0 Å². The highest BCUT2D eigenvalue weighted by Gasteiger charge is 2.35. The largest absolute Gasteiger partial charge is 0.388 e.